The molecule has 5 rings (SSSR count). The van der Waals surface area contributed by atoms with Crippen LogP contribution >= 0.6 is 22.9 Å². The standard InChI is InChI=1S/C16H19ClOS/c1-15-5-10-4-11(6-15)8-16(7-10,9-15)14(18)13-12(17)2-3-19-13/h2-3,10-11H,4-9H2,1H3. The van der Waals surface area contributed by atoms with E-state index in [9.17, 15) is 4.79 Å². The molecule has 19 heavy (non-hydrogen) atoms. The van der Waals surface area contributed by atoms with Crippen LogP contribution in [0.25, 0.3) is 0 Å². The molecule has 0 amide bonds. The Balaban J connectivity index is 1.74. The summed E-state index contributed by atoms with van der Waals surface area (Å²) in [7, 11) is 0. The number of rotatable bonds is 2. The second-order valence-electron chi connectivity index (χ2n) is 7.48. The molecule has 4 aliphatic carbocycles. The summed E-state index contributed by atoms with van der Waals surface area (Å²) in [6, 6.07) is 1.86. The van der Waals surface area contributed by atoms with Crippen molar-refractivity contribution in [2.45, 2.75) is 45.4 Å². The third kappa shape index (κ3) is 1.76. The van der Waals surface area contributed by atoms with Crippen molar-refractivity contribution >= 4 is 28.7 Å². The minimum absolute atomic E-state index is 0.0761. The fraction of sp³-hybridized carbons (Fsp3) is 0.688. The van der Waals surface area contributed by atoms with Gasteiger partial charge >= 0.3 is 0 Å². The van der Waals surface area contributed by atoms with Crippen LogP contribution in [0.4, 0.5) is 0 Å². The van der Waals surface area contributed by atoms with Gasteiger partial charge in [-0.15, -0.1) is 11.3 Å². The summed E-state index contributed by atoms with van der Waals surface area (Å²) in [4.78, 5) is 13.9. The fourth-order valence-corrected chi connectivity index (χ4v) is 6.88. The number of hydrogen-bond acceptors (Lipinski definition) is 2. The monoisotopic (exact) mass is 294 g/mol. The highest BCUT2D eigenvalue weighted by Crippen LogP contribution is 2.66. The summed E-state index contributed by atoms with van der Waals surface area (Å²) < 4.78 is 0. The van der Waals surface area contributed by atoms with Crippen LogP contribution in [0.3, 0.4) is 0 Å². The Morgan fingerprint density at radius 2 is 2.00 bits per heavy atom. The summed E-state index contributed by atoms with van der Waals surface area (Å²) in [6.45, 7) is 2.41. The summed E-state index contributed by atoms with van der Waals surface area (Å²) in [5.74, 6) is 1.93. The molecule has 102 valence electrons. The molecule has 1 nitrogen and oxygen atoms in total. The van der Waals surface area contributed by atoms with Crippen LogP contribution in [-0.2, 0) is 0 Å². The van der Waals surface area contributed by atoms with Gasteiger partial charge in [-0.3, -0.25) is 4.79 Å². The molecule has 0 aliphatic heterocycles. The molecule has 0 N–H and O–H groups in total. The van der Waals surface area contributed by atoms with Gasteiger partial charge in [-0.25, -0.2) is 0 Å². The minimum atomic E-state index is -0.0761. The average Bonchev–Trinajstić information content (AvgIpc) is 2.71. The summed E-state index contributed by atoms with van der Waals surface area (Å²) in [5, 5.41) is 2.61. The first-order chi connectivity index (χ1) is 9.00. The maximum absolute atomic E-state index is 13.0. The van der Waals surface area contributed by atoms with Crippen LogP contribution in [0.2, 0.25) is 5.02 Å². The zero-order valence-corrected chi connectivity index (χ0v) is 12.8. The molecule has 0 radical (unpaired) electrons. The zero-order valence-electron chi connectivity index (χ0n) is 11.2. The van der Waals surface area contributed by atoms with Crippen LogP contribution in [0, 0.1) is 22.7 Å². The number of carbonyl (C=O) groups excluding carboxylic acids is 1. The molecule has 2 unspecified atom stereocenters. The Hall–Kier alpha value is -0.340. The second kappa shape index (κ2) is 3.85. The predicted molar refractivity (Wildman–Crippen MR) is 78.9 cm³/mol. The van der Waals surface area contributed by atoms with Crippen molar-refractivity contribution in [3.63, 3.8) is 0 Å². The Labute approximate surface area is 123 Å². The lowest BCUT2D eigenvalue weighted by Gasteiger charge is -2.60. The maximum Gasteiger partial charge on any atom is 0.180 e. The number of Topliss-reactive ketones (excluding diaryl/α,β-unsaturated/α-hetero) is 1. The molecule has 4 saturated carbocycles. The van der Waals surface area contributed by atoms with Gasteiger partial charge < -0.3 is 0 Å². The van der Waals surface area contributed by atoms with Crippen molar-refractivity contribution < 1.29 is 4.79 Å². The second-order valence-corrected chi connectivity index (χ2v) is 8.80. The SMILES string of the molecule is CC12CC3CC(C1)CC(C(=O)c1sccc1Cl)(C3)C2. The number of halogens is 1. The van der Waals surface area contributed by atoms with Crippen molar-refractivity contribution in [1.82, 2.24) is 0 Å². The Morgan fingerprint density at radius 1 is 1.32 bits per heavy atom. The first kappa shape index (κ1) is 12.4. The quantitative estimate of drug-likeness (QED) is 0.686. The first-order valence-corrected chi connectivity index (χ1v) is 8.53. The van der Waals surface area contributed by atoms with E-state index < -0.39 is 0 Å². The fourth-order valence-electron chi connectivity index (χ4n) is 5.68. The molecule has 1 aromatic heterocycles. The minimum Gasteiger partial charge on any atom is -0.293 e. The Morgan fingerprint density at radius 3 is 2.53 bits per heavy atom. The third-order valence-corrected chi connectivity index (χ3v) is 7.00. The lowest BCUT2D eigenvalue weighted by atomic mass is 9.44. The molecule has 0 saturated heterocycles. The third-order valence-electron chi connectivity index (χ3n) is 5.66. The summed E-state index contributed by atoms with van der Waals surface area (Å²) in [5.41, 5.74) is 0.344. The molecular formula is C16H19ClOS. The van der Waals surface area contributed by atoms with E-state index in [0.717, 1.165) is 36.0 Å². The highest BCUT2D eigenvalue weighted by Gasteiger charge is 2.59. The van der Waals surface area contributed by atoms with Crippen LogP contribution in [0.15, 0.2) is 11.4 Å². The molecule has 1 heterocycles. The van der Waals surface area contributed by atoms with Crippen molar-refractivity contribution in [2.24, 2.45) is 22.7 Å². The van der Waals surface area contributed by atoms with E-state index in [0.29, 0.717) is 16.2 Å². The van der Waals surface area contributed by atoms with E-state index in [2.05, 4.69) is 6.92 Å². The molecule has 0 aromatic carbocycles. The summed E-state index contributed by atoms with van der Waals surface area (Å²) in [6.07, 6.45) is 7.38. The van der Waals surface area contributed by atoms with Crippen LogP contribution in [0.1, 0.15) is 55.1 Å². The van der Waals surface area contributed by atoms with E-state index >= 15 is 0 Å². The van der Waals surface area contributed by atoms with Gasteiger partial charge in [0.2, 0.25) is 0 Å². The van der Waals surface area contributed by atoms with E-state index in [4.69, 9.17) is 11.6 Å². The number of hydrogen-bond donors (Lipinski definition) is 0. The van der Waals surface area contributed by atoms with Crippen molar-refractivity contribution in [1.29, 1.82) is 0 Å². The molecule has 4 fully saturated rings. The molecule has 0 spiro atoms. The van der Waals surface area contributed by atoms with Gasteiger partial charge in [-0.05, 0) is 67.2 Å². The van der Waals surface area contributed by atoms with Gasteiger partial charge in [0.1, 0.15) is 0 Å². The smallest absolute Gasteiger partial charge is 0.180 e. The normalized spacial score (nSPS) is 43.7. The molecule has 2 atom stereocenters. The number of thiophene rings is 1. The Bertz CT molecular complexity index is 533. The average molecular weight is 295 g/mol. The van der Waals surface area contributed by atoms with E-state index in [-0.39, 0.29) is 5.41 Å². The number of carbonyl (C=O) groups is 1. The van der Waals surface area contributed by atoms with Gasteiger partial charge in [0.15, 0.2) is 5.78 Å². The maximum atomic E-state index is 13.0. The van der Waals surface area contributed by atoms with Gasteiger partial charge in [0.05, 0.1) is 9.90 Å². The summed E-state index contributed by atoms with van der Waals surface area (Å²) >= 11 is 7.72. The molecule has 4 aliphatic rings. The Kier molecular flexibility index (Phi) is 2.52. The van der Waals surface area contributed by atoms with Crippen molar-refractivity contribution in [3.05, 3.63) is 21.3 Å². The van der Waals surface area contributed by atoms with Crippen molar-refractivity contribution in [2.75, 3.05) is 0 Å². The molecular weight excluding hydrogens is 276 g/mol. The lowest BCUT2D eigenvalue weighted by molar-refractivity contribution is -0.0819. The highest BCUT2D eigenvalue weighted by molar-refractivity contribution is 7.12. The van der Waals surface area contributed by atoms with Crippen LogP contribution < -0.4 is 0 Å². The van der Waals surface area contributed by atoms with E-state index in [1.165, 1.54) is 30.6 Å². The predicted octanol–water partition coefficient (Wildman–Crippen LogP) is 5.19. The number of ketones is 1. The van der Waals surface area contributed by atoms with E-state index in [1.54, 1.807) is 0 Å². The molecule has 1 aromatic rings. The van der Waals surface area contributed by atoms with Gasteiger partial charge in [0.25, 0.3) is 0 Å². The first-order valence-electron chi connectivity index (χ1n) is 7.28. The topological polar surface area (TPSA) is 17.1 Å². The van der Waals surface area contributed by atoms with Crippen LogP contribution in [0.5, 0.6) is 0 Å². The zero-order chi connectivity index (χ0) is 13.3. The van der Waals surface area contributed by atoms with Gasteiger partial charge in [0, 0.05) is 5.41 Å². The van der Waals surface area contributed by atoms with Gasteiger partial charge in [-0.2, -0.15) is 0 Å². The van der Waals surface area contributed by atoms with Gasteiger partial charge in [-0.1, -0.05) is 18.5 Å². The van der Waals surface area contributed by atoms with E-state index in [1.807, 2.05) is 11.4 Å². The highest BCUT2D eigenvalue weighted by atomic mass is 35.5. The largest absolute Gasteiger partial charge is 0.293 e. The van der Waals surface area contributed by atoms with Crippen LogP contribution in [-0.4, -0.2) is 5.78 Å². The van der Waals surface area contributed by atoms with Crippen molar-refractivity contribution in [3.8, 4) is 0 Å². The molecule has 3 heteroatoms. The lowest BCUT2D eigenvalue weighted by Crippen LogP contribution is -2.53. The molecule has 4 bridgehead atoms.